The predicted molar refractivity (Wildman–Crippen MR) is 158 cm³/mol. The summed E-state index contributed by atoms with van der Waals surface area (Å²) in [6, 6.07) is 6.30. The van der Waals surface area contributed by atoms with Gasteiger partial charge in [0.2, 0.25) is 5.91 Å². The Kier molecular flexibility index (Phi) is 12.2. The summed E-state index contributed by atoms with van der Waals surface area (Å²) >= 11 is 0. The summed E-state index contributed by atoms with van der Waals surface area (Å²) in [5, 5.41) is 3.63. The lowest BCUT2D eigenvalue weighted by atomic mass is 9.85. The van der Waals surface area contributed by atoms with E-state index >= 15 is 0 Å². The Labute approximate surface area is 242 Å². The highest BCUT2D eigenvalue weighted by Gasteiger charge is 2.36. The van der Waals surface area contributed by atoms with Crippen LogP contribution in [0.25, 0.3) is 0 Å². The number of benzene rings is 1. The minimum atomic E-state index is 0. The first kappa shape index (κ1) is 30.9. The zero-order chi connectivity index (χ0) is 28.3. The van der Waals surface area contributed by atoms with Crippen LogP contribution in [-0.2, 0) is 14.3 Å². The molecule has 8 heteroatoms. The molecule has 40 heavy (non-hydrogen) atoms. The Morgan fingerprint density at radius 1 is 1.07 bits per heavy atom. The smallest absolute Gasteiger partial charge is 0.223 e. The topological polar surface area (TPSA) is 78.5 Å². The van der Waals surface area contributed by atoms with E-state index in [0.29, 0.717) is 66.8 Å². The molecule has 2 aliphatic heterocycles. The van der Waals surface area contributed by atoms with Crippen LogP contribution in [0.5, 0.6) is 17.2 Å². The van der Waals surface area contributed by atoms with Crippen LogP contribution in [0.1, 0.15) is 66.6 Å². The fourth-order valence-corrected chi connectivity index (χ4v) is 6.08. The molecule has 8 nitrogen and oxygen atoms in total. The lowest BCUT2D eigenvalue weighted by Crippen LogP contribution is -2.37. The molecule has 1 saturated carbocycles. The van der Waals surface area contributed by atoms with E-state index in [1.165, 1.54) is 0 Å². The molecule has 228 valence electrons. The van der Waals surface area contributed by atoms with Crippen molar-refractivity contribution in [1.29, 1.82) is 0 Å². The van der Waals surface area contributed by atoms with Crippen molar-refractivity contribution in [2.75, 3.05) is 60.3 Å². The molecule has 0 aromatic heterocycles. The highest BCUT2D eigenvalue weighted by molar-refractivity contribution is 5.77. The summed E-state index contributed by atoms with van der Waals surface area (Å²) in [6.45, 7) is 10.2. The molecule has 1 aromatic carbocycles. The Balaban J connectivity index is 0.00000462. The summed E-state index contributed by atoms with van der Waals surface area (Å²) < 4.78 is 28.7. The third kappa shape index (κ3) is 9.25. The Bertz CT molecular complexity index is 908. The average Bonchev–Trinajstić information content (AvgIpc) is 3.70. The van der Waals surface area contributed by atoms with Crippen LogP contribution in [0.4, 0.5) is 0 Å². The van der Waals surface area contributed by atoms with Crippen molar-refractivity contribution >= 4 is 5.91 Å². The summed E-state index contributed by atoms with van der Waals surface area (Å²) in [5.74, 6) is 4.52. The largest absolute Gasteiger partial charge is 0.493 e. The first-order valence-corrected chi connectivity index (χ1v) is 15.5. The number of carbonyl (C=O) groups is 1. The second kappa shape index (κ2) is 15.8. The van der Waals surface area contributed by atoms with E-state index in [4.69, 9.17) is 23.7 Å². The summed E-state index contributed by atoms with van der Waals surface area (Å²) in [4.78, 5) is 15.5. The quantitative estimate of drug-likeness (QED) is 0.262. The van der Waals surface area contributed by atoms with E-state index in [-0.39, 0.29) is 7.53 Å². The van der Waals surface area contributed by atoms with Gasteiger partial charge >= 0.3 is 0 Å². The molecule has 2 saturated heterocycles. The molecule has 0 radical (unpaired) electrons. The minimum Gasteiger partial charge on any atom is -0.493 e. The average molecular weight is 563 g/mol. The second-order valence-electron chi connectivity index (χ2n) is 12.2. The number of nitrogens with zero attached hydrogens (tertiary/aromatic N) is 1. The van der Waals surface area contributed by atoms with Gasteiger partial charge in [0, 0.05) is 59.9 Å². The molecule has 1 aliphatic carbocycles. The van der Waals surface area contributed by atoms with Crippen molar-refractivity contribution in [2.45, 2.75) is 77.4 Å². The van der Waals surface area contributed by atoms with Crippen molar-refractivity contribution in [3.05, 3.63) is 18.2 Å². The molecule has 3 aliphatic rings. The van der Waals surface area contributed by atoms with Gasteiger partial charge in [-0.05, 0) is 87.4 Å². The molecule has 2 heterocycles. The zero-order valence-electron chi connectivity index (χ0n) is 25.2. The fourth-order valence-electron chi connectivity index (χ4n) is 6.08. The van der Waals surface area contributed by atoms with Gasteiger partial charge in [-0.25, -0.2) is 0 Å². The van der Waals surface area contributed by atoms with Crippen LogP contribution < -0.4 is 19.5 Å². The number of methoxy groups -OCH3 is 2. The number of rotatable bonds is 17. The standard InChI is InChI=1S/C32H52N2O6.H2/c1-23(2)30(40-28-8-9-29(37-4)31(20-28)39-15-5-14-36-3)19-26-22-33-21-25(26)10-13-34(27-6-7-27)32(35)18-24-11-16-38-17-12-24;/h8-9,20,23-27,30,33H,5-7,10-19,21-22H2,1-4H3;1H/t25-,26-,30+;/m1./s1. The second-order valence-corrected chi connectivity index (χ2v) is 12.2. The van der Waals surface area contributed by atoms with Crippen LogP contribution in [0.2, 0.25) is 0 Å². The summed E-state index contributed by atoms with van der Waals surface area (Å²) in [6.07, 6.45) is 8.01. The molecule has 0 bridgehead atoms. The molecule has 1 N–H and O–H groups in total. The summed E-state index contributed by atoms with van der Waals surface area (Å²) in [7, 11) is 3.35. The van der Waals surface area contributed by atoms with E-state index < -0.39 is 0 Å². The van der Waals surface area contributed by atoms with E-state index in [2.05, 4.69) is 24.1 Å². The van der Waals surface area contributed by atoms with E-state index in [9.17, 15) is 4.79 Å². The van der Waals surface area contributed by atoms with Crippen molar-refractivity contribution in [3.8, 4) is 17.2 Å². The van der Waals surface area contributed by atoms with Gasteiger partial charge in [-0.1, -0.05) is 13.8 Å². The zero-order valence-corrected chi connectivity index (χ0v) is 25.2. The highest BCUT2D eigenvalue weighted by Crippen LogP contribution is 2.35. The third-order valence-corrected chi connectivity index (χ3v) is 8.78. The Morgan fingerprint density at radius 2 is 1.85 bits per heavy atom. The molecule has 3 fully saturated rings. The number of nitrogens with one attached hydrogen (secondary N) is 1. The molecular weight excluding hydrogens is 508 g/mol. The Morgan fingerprint density at radius 3 is 2.55 bits per heavy atom. The molecule has 1 amide bonds. The van der Waals surface area contributed by atoms with Gasteiger partial charge in [0.25, 0.3) is 0 Å². The normalized spacial score (nSPS) is 22.3. The lowest BCUT2D eigenvalue weighted by molar-refractivity contribution is -0.133. The van der Waals surface area contributed by atoms with E-state index in [1.807, 2.05) is 18.2 Å². The maximum absolute atomic E-state index is 13.2. The number of hydrogen-bond acceptors (Lipinski definition) is 7. The first-order valence-electron chi connectivity index (χ1n) is 15.5. The third-order valence-electron chi connectivity index (χ3n) is 8.78. The van der Waals surface area contributed by atoms with Crippen molar-refractivity contribution in [1.82, 2.24) is 10.2 Å². The minimum absolute atomic E-state index is 0. The number of ether oxygens (including phenoxy) is 5. The van der Waals surface area contributed by atoms with Gasteiger partial charge in [0.1, 0.15) is 11.9 Å². The SMILES string of the molecule is COCCCOc1cc(O[C@@H](C[C@@H]2CNC[C@H]2CCN(C(=O)CC2CCOCC2)C2CC2)C(C)C)ccc1OC.[HH]. The lowest BCUT2D eigenvalue weighted by Gasteiger charge is -2.30. The van der Waals surface area contributed by atoms with Gasteiger partial charge < -0.3 is 33.9 Å². The molecule has 0 spiro atoms. The van der Waals surface area contributed by atoms with Crippen LogP contribution in [0.15, 0.2) is 18.2 Å². The van der Waals surface area contributed by atoms with Crippen molar-refractivity contribution in [3.63, 3.8) is 0 Å². The van der Waals surface area contributed by atoms with Crippen LogP contribution >= 0.6 is 0 Å². The molecule has 0 unspecified atom stereocenters. The number of carbonyl (C=O) groups excluding carboxylic acids is 1. The highest BCUT2D eigenvalue weighted by atomic mass is 16.5. The monoisotopic (exact) mass is 562 g/mol. The maximum Gasteiger partial charge on any atom is 0.223 e. The molecule has 4 rings (SSSR count). The fraction of sp³-hybridized carbons (Fsp3) is 0.781. The van der Waals surface area contributed by atoms with Crippen molar-refractivity contribution in [2.24, 2.45) is 23.7 Å². The van der Waals surface area contributed by atoms with Crippen molar-refractivity contribution < 1.29 is 29.9 Å². The van der Waals surface area contributed by atoms with Crippen LogP contribution in [-0.4, -0.2) is 83.2 Å². The summed E-state index contributed by atoms with van der Waals surface area (Å²) in [5.41, 5.74) is 0. The van der Waals surface area contributed by atoms with Gasteiger partial charge in [0.15, 0.2) is 11.5 Å². The van der Waals surface area contributed by atoms with Gasteiger partial charge in [0.05, 0.1) is 13.7 Å². The first-order chi connectivity index (χ1) is 19.5. The van der Waals surface area contributed by atoms with E-state index in [1.54, 1.807) is 14.2 Å². The number of hydrogen-bond donors (Lipinski definition) is 1. The predicted octanol–water partition coefficient (Wildman–Crippen LogP) is 5.18. The Hall–Kier alpha value is -2.03. The van der Waals surface area contributed by atoms with Gasteiger partial charge in [-0.3, -0.25) is 4.79 Å². The maximum atomic E-state index is 13.2. The number of amides is 1. The van der Waals surface area contributed by atoms with Gasteiger partial charge in [-0.15, -0.1) is 0 Å². The molecular formula is C32H54N2O6. The molecule has 1 aromatic rings. The molecule has 3 atom stereocenters. The van der Waals surface area contributed by atoms with Gasteiger partial charge in [-0.2, -0.15) is 0 Å². The van der Waals surface area contributed by atoms with Crippen LogP contribution in [0, 0.1) is 23.7 Å². The van der Waals surface area contributed by atoms with Crippen LogP contribution in [0.3, 0.4) is 0 Å². The van der Waals surface area contributed by atoms with E-state index in [0.717, 1.165) is 83.5 Å².